The van der Waals surface area contributed by atoms with Crippen LogP contribution in [-0.2, 0) is 20.9 Å². The normalized spacial score (nSPS) is 19.1. The minimum atomic E-state index is -0.613. The molecule has 2 aromatic carbocycles. The van der Waals surface area contributed by atoms with Crippen LogP contribution in [0.1, 0.15) is 89.6 Å². The van der Waals surface area contributed by atoms with Gasteiger partial charge in [0.1, 0.15) is 6.04 Å². The standard InChI is InChI=1S/C45H56N8O5/c54-40(17-11-34-8-6-21-46-31-34)48-23-2-1-7-33-19-25-52(26-20-33)44(57)35-12-14-37(15-13-35)51-29-27-50(28-30-51)24-4-3-22-47-38-10-5-9-36-32-53(45(58)42(36)38)39-16-18-41(55)49-43(39)56/h5-6,8-15,17,21,31,33,39,47H,1-4,7,16,18-20,22-30,32H2,(H,48,54)(H,49,55,56)/b17-11+. The van der Waals surface area contributed by atoms with Crippen LogP contribution in [-0.4, -0.2) is 114 Å². The Bertz CT molecular complexity index is 1940. The molecule has 0 saturated carbocycles. The van der Waals surface area contributed by atoms with Crippen LogP contribution in [0.2, 0.25) is 0 Å². The first-order chi connectivity index (χ1) is 28.3. The second-order valence-electron chi connectivity index (χ2n) is 15.9. The van der Waals surface area contributed by atoms with Crippen LogP contribution in [0.5, 0.6) is 0 Å². The third-order valence-electron chi connectivity index (χ3n) is 12.0. The summed E-state index contributed by atoms with van der Waals surface area (Å²) in [5, 5.41) is 8.80. The molecule has 0 spiro atoms. The first kappa shape index (κ1) is 40.6. The number of unbranched alkanes of at least 4 members (excludes halogenated alkanes) is 2. The predicted molar refractivity (Wildman–Crippen MR) is 224 cm³/mol. The Hall–Kier alpha value is -5.56. The van der Waals surface area contributed by atoms with Crippen LogP contribution in [0, 0.1) is 5.92 Å². The molecule has 58 heavy (non-hydrogen) atoms. The lowest BCUT2D eigenvalue weighted by Gasteiger charge is -2.36. The van der Waals surface area contributed by atoms with Crippen LogP contribution < -0.4 is 20.9 Å². The second-order valence-corrected chi connectivity index (χ2v) is 15.9. The van der Waals surface area contributed by atoms with Gasteiger partial charge < -0.3 is 25.3 Å². The SMILES string of the molecule is O=C(/C=C/c1cccnc1)NCCCCC1CCN(C(=O)c2ccc(N3CCN(CCCCNc4cccc5c4C(=O)N(C4CCC(=O)NC4=O)C5)CC3)cc2)CC1. The lowest BCUT2D eigenvalue weighted by Crippen LogP contribution is -2.52. The van der Waals surface area contributed by atoms with Gasteiger partial charge >= 0.3 is 0 Å². The number of hydrogen-bond acceptors (Lipinski definition) is 9. The Kier molecular flexibility index (Phi) is 13.8. The van der Waals surface area contributed by atoms with E-state index in [1.807, 2.05) is 47.4 Å². The zero-order valence-electron chi connectivity index (χ0n) is 33.4. The number of piperidine rings is 2. The first-order valence-electron chi connectivity index (χ1n) is 21.1. The van der Waals surface area contributed by atoms with Gasteiger partial charge in [0.25, 0.3) is 11.8 Å². The number of anilines is 2. The van der Waals surface area contributed by atoms with Crippen molar-refractivity contribution in [3.8, 4) is 0 Å². The average Bonchev–Trinajstić information content (AvgIpc) is 3.59. The maximum absolute atomic E-state index is 13.4. The van der Waals surface area contributed by atoms with E-state index in [1.165, 1.54) is 0 Å². The Labute approximate surface area is 341 Å². The number of piperazine rings is 1. The summed E-state index contributed by atoms with van der Waals surface area (Å²) in [7, 11) is 0. The van der Waals surface area contributed by atoms with Crippen LogP contribution >= 0.6 is 0 Å². The third-order valence-corrected chi connectivity index (χ3v) is 12.0. The molecule has 3 saturated heterocycles. The van der Waals surface area contributed by atoms with Crippen molar-refractivity contribution in [1.82, 2.24) is 30.3 Å². The maximum Gasteiger partial charge on any atom is 0.257 e. The van der Waals surface area contributed by atoms with Gasteiger partial charge in [-0.15, -0.1) is 0 Å². The van der Waals surface area contributed by atoms with Crippen LogP contribution in [0.3, 0.4) is 0 Å². The summed E-state index contributed by atoms with van der Waals surface area (Å²) in [6, 6.07) is 17.1. The number of benzene rings is 2. The topological polar surface area (TPSA) is 147 Å². The smallest absolute Gasteiger partial charge is 0.257 e. The fourth-order valence-electron chi connectivity index (χ4n) is 8.57. The summed E-state index contributed by atoms with van der Waals surface area (Å²) in [6.45, 7) is 8.24. The van der Waals surface area contributed by atoms with Crippen LogP contribution in [0.4, 0.5) is 11.4 Å². The zero-order chi connectivity index (χ0) is 40.3. The molecule has 1 unspecified atom stereocenters. The molecule has 3 N–H and O–H groups in total. The number of carbonyl (C=O) groups is 5. The number of hydrogen-bond donors (Lipinski definition) is 3. The van der Waals surface area contributed by atoms with E-state index < -0.39 is 11.9 Å². The van der Waals surface area contributed by atoms with Gasteiger partial charge in [-0.05, 0) is 105 Å². The number of fused-ring (bicyclic) bond motifs is 1. The lowest BCUT2D eigenvalue weighted by molar-refractivity contribution is -0.137. The van der Waals surface area contributed by atoms with Gasteiger partial charge in [0.15, 0.2) is 0 Å². The van der Waals surface area contributed by atoms with Crippen molar-refractivity contribution in [2.45, 2.75) is 70.4 Å². The Balaban J connectivity index is 0.750. The number of likely N-dealkylation sites (tertiary alicyclic amines) is 1. The number of nitrogens with zero attached hydrogens (tertiary/aromatic N) is 5. The van der Waals surface area contributed by atoms with E-state index in [9.17, 15) is 24.0 Å². The highest BCUT2D eigenvalue weighted by Crippen LogP contribution is 2.32. The summed E-state index contributed by atoms with van der Waals surface area (Å²) in [5.74, 6) is -0.184. The molecule has 5 amide bonds. The van der Waals surface area contributed by atoms with Crippen molar-refractivity contribution in [3.63, 3.8) is 0 Å². The molecule has 5 heterocycles. The minimum Gasteiger partial charge on any atom is -0.384 e. The fourth-order valence-corrected chi connectivity index (χ4v) is 8.57. The summed E-state index contributed by atoms with van der Waals surface area (Å²) in [5.41, 5.74) is 5.15. The van der Waals surface area contributed by atoms with Gasteiger partial charge in [0, 0.05) is 101 Å². The number of rotatable bonds is 16. The van der Waals surface area contributed by atoms with Crippen molar-refractivity contribution in [3.05, 3.63) is 95.3 Å². The molecule has 3 aromatic rings. The maximum atomic E-state index is 13.4. The van der Waals surface area contributed by atoms with Crippen LogP contribution in [0.15, 0.2) is 73.1 Å². The lowest BCUT2D eigenvalue weighted by atomic mass is 9.91. The van der Waals surface area contributed by atoms with Gasteiger partial charge in [0.2, 0.25) is 17.7 Å². The summed E-state index contributed by atoms with van der Waals surface area (Å²) < 4.78 is 0. The van der Waals surface area contributed by atoms with Crippen molar-refractivity contribution in [2.24, 2.45) is 5.92 Å². The van der Waals surface area contributed by atoms with Crippen molar-refractivity contribution >= 4 is 47.0 Å². The molecule has 4 aliphatic rings. The number of amides is 5. The minimum absolute atomic E-state index is 0.0855. The highest BCUT2D eigenvalue weighted by atomic mass is 16.2. The summed E-state index contributed by atoms with van der Waals surface area (Å²) in [4.78, 5) is 75.4. The molecule has 306 valence electrons. The van der Waals surface area contributed by atoms with E-state index in [1.54, 1.807) is 29.4 Å². The number of carbonyl (C=O) groups excluding carboxylic acids is 5. The molecule has 1 atom stereocenters. The first-order valence-corrected chi connectivity index (χ1v) is 21.1. The molecular weight excluding hydrogens is 733 g/mol. The third kappa shape index (κ3) is 10.5. The second kappa shape index (κ2) is 19.7. The number of imide groups is 1. The monoisotopic (exact) mass is 788 g/mol. The molecule has 0 aliphatic carbocycles. The van der Waals surface area contributed by atoms with Crippen LogP contribution in [0.25, 0.3) is 6.08 Å². The van der Waals surface area contributed by atoms with E-state index in [0.717, 1.165) is 125 Å². The zero-order valence-corrected chi connectivity index (χ0v) is 33.4. The Morgan fingerprint density at radius 1 is 0.845 bits per heavy atom. The molecule has 0 bridgehead atoms. The van der Waals surface area contributed by atoms with E-state index in [4.69, 9.17) is 0 Å². The average molecular weight is 789 g/mol. The van der Waals surface area contributed by atoms with E-state index in [2.05, 4.69) is 42.9 Å². The van der Waals surface area contributed by atoms with Gasteiger partial charge in [-0.25, -0.2) is 0 Å². The van der Waals surface area contributed by atoms with Crippen molar-refractivity contribution in [2.75, 3.05) is 69.1 Å². The molecule has 13 heteroatoms. The predicted octanol–water partition coefficient (Wildman–Crippen LogP) is 4.71. The summed E-state index contributed by atoms with van der Waals surface area (Å²) in [6.07, 6.45) is 14.5. The summed E-state index contributed by atoms with van der Waals surface area (Å²) >= 11 is 0. The fraction of sp³-hybridized carbons (Fsp3) is 0.467. The number of aromatic nitrogens is 1. The molecular formula is C45H56N8O5. The van der Waals surface area contributed by atoms with E-state index >= 15 is 0 Å². The van der Waals surface area contributed by atoms with Gasteiger partial charge in [-0.2, -0.15) is 0 Å². The highest BCUT2D eigenvalue weighted by Gasteiger charge is 2.40. The molecule has 0 radical (unpaired) electrons. The molecule has 13 nitrogen and oxygen atoms in total. The molecule has 4 aliphatic heterocycles. The van der Waals surface area contributed by atoms with Crippen molar-refractivity contribution < 1.29 is 24.0 Å². The molecule has 7 rings (SSSR count). The van der Waals surface area contributed by atoms with Gasteiger partial charge in [-0.1, -0.05) is 31.0 Å². The quantitative estimate of drug-likeness (QED) is 0.107. The highest BCUT2D eigenvalue weighted by molar-refractivity contribution is 6.07. The van der Waals surface area contributed by atoms with E-state index in [0.29, 0.717) is 31.0 Å². The Morgan fingerprint density at radius 3 is 2.40 bits per heavy atom. The molecule has 3 fully saturated rings. The van der Waals surface area contributed by atoms with E-state index in [-0.39, 0.29) is 30.0 Å². The van der Waals surface area contributed by atoms with Crippen molar-refractivity contribution in [1.29, 1.82) is 0 Å². The largest absolute Gasteiger partial charge is 0.384 e. The number of nitrogens with one attached hydrogen (secondary N) is 3. The van der Waals surface area contributed by atoms with Gasteiger partial charge in [0.05, 0.1) is 5.56 Å². The molecule has 1 aromatic heterocycles. The number of pyridine rings is 1. The van der Waals surface area contributed by atoms with Gasteiger partial charge in [-0.3, -0.25) is 39.2 Å². The Morgan fingerprint density at radius 2 is 1.64 bits per heavy atom.